The monoisotopic (exact) mass is 462 g/mol. The molecule has 0 aromatic heterocycles. The molecule has 3 rings (SSSR count). The Morgan fingerprint density at radius 3 is 2.40 bits per heavy atom. The maximum atomic E-state index is 4.50. The molecular formula is C33H38N2. The summed E-state index contributed by atoms with van der Waals surface area (Å²) in [6, 6.07) is 13.6. The van der Waals surface area contributed by atoms with Crippen LogP contribution in [0.4, 0.5) is 0 Å². The van der Waals surface area contributed by atoms with Gasteiger partial charge in [-0.15, -0.1) is 0 Å². The Bertz CT molecular complexity index is 1260. The highest BCUT2D eigenvalue weighted by Gasteiger charge is 2.35. The normalized spacial score (nSPS) is 22.9. The van der Waals surface area contributed by atoms with Gasteiger partial charge in [-0.25, -0.2) is 0 Å². The van der Waals surface area contributed by atoms with E-state index in [1.54, 1.807) is 0 Å². The van der Waals surface area contributed by atoms with Crippen molar-refractivity contribution in [2.75, 3.05) is 7.05 Å². The van der Waals surface area contributed by atoms with E-state index < -0.39 is 5.54 Å². The number of likely N-dealkylation sites (N-methyl/N-ethyl adjacent to an activating group) is 1. The van der Waals surface area contributed by atoms with Gasteiger partial charge in [0.1, 0.15) is 0 Å². The molecule has 0 spiro atoms. The van der Waals surface area contributed by atoms with Crippen molar-refractivity contribution in [2.24, 2.45) is 4.99 Å². The lowest BCUT2D eigenvalue weighted by Crippen LogP contribution is -2.42. The predicted octanol–water partition coefficient (Wildman–Crippen LogP) is 7.95. The third kappa shape index (κ3) is 5.28. The van der Waals surface area contributed by atoms with Gasteiger partial charge >= 0.3 is 0 Å². The first kappa shape index (κ1) is 26.1. The van der Waals surface area contributed by atoms with Gasteiger partial charge in [0.25, 0.3) is 0 Å². The molecule has 1 unspecified atom stereocenters. The van der Waals surface area contributed by atoms with Crippen molar-refractivity contribution in [1.82, 2.24) is 5.32 Å². The van der Waals surface area contributed by atoms with E-state index in [0.717, 1.165) is 17.6 Å². The molecule has 2 heteroatoms. The lowest BCUT2D eigenvalue weighted by atomic mass is 9.75. The minimum atomic E-state index is -0.531. The van der Waals surface area contributed by atoms with E-state index in [1.165, 1.54) is 39.0 Å². The fourth-order valence-electron chi connectivity index (χ4n) is 4.89. The molecule has 1 atom stereocenters. The number of hydrogen-bond donors (Lipinski definition) is 1. The summed E-state index contributed by atoms with van der Waals surface area (Å²) in [5.74, 6) is 0. The third-order valence-corrected chi connectivity index (χ3v) is 6.89. The van der Waals surface area contributed by atoms with Crippen molar-refractivity contribution in [3.63, 3.8) is 0 Å². The molecule has 180 valence electrons. The standard InChI is InChI=1S/C33H38N2/c1-8-14-31-27(9-2)15-12-11-13-16-28-21-29(19-17-24(28)4)33(34-7,26(6)23-35-10-3)30-20-18-25(5)32(31)22-30/h8-15,17-23,34H,1,16H2,2-7H3/b13-11+,15-12-,26-23+,27-9+,31-14-,35-10-. The number of aliphatic imine (C=N–C) groups is 1. The molecule has 0 saturated carbocycles. The van der Waals surface area contributed by atoms with Crippen molar-refractivity contribution < 1.29 is 0 Å². The van der Waals surface area contributed by atoms with Gasteiger partial charge in [-0.1, -0.05) is 79.4 Å². The molecule has 0 heterocycles. The van der Waals surface area contributed by atoms with Crippen LogP contribution in [0, 0.1) is 13.8 Å². The fourth-order valence-corrected chi connectivity index (χ4v) is 4.89. The minimum Gasteiger partial charge on any atom is -0.303 e. The second-order valence-electron chi connectivity index (χ2n) is 8.94. The van der Waals surface area contributed by atoms with Crippen molar-refractivity contribution in [3.05, 3.63) is 136 Å². The smallest absolute Gasteiger partial charge is 0.0920 e. The van der Waals surface area contributed by atoms with Gasteiger partial charge in [0, 0.05) is 12.4 Å². The van der Waals surface area contributed by atoms with Gasteiger partial charge in [-0.2, -0.15) is 0 Å². The summed E-state index contributed by atoms with van der Waals surface area (Å²) in [6.07, 6.45) is 19.5. The SMILES string of the molecule is C=C/C=C1C(=C/C)/C=C\C=C\Cc2cc(ccc2C)C(NC)(/C(C)=C/N=C\C)c2ccc(C)c/1c2. The van der Waals surface area contributed by atoms with E-state index in [1.807, 2.05) is 32.5 Å². The Labute approximate surface area is 211 Å². The van der Waals surface area contributed by atoms with Crippen LogP contribution >= 0.6 is 0 Å². The number of nitrogens with zero attached hydrogens (tertiary/aromatic N) is 1. The first-order chi connectivity index (χ1) is 16.9. The molecule has 0 radical (unpaired) electrons. The van der Waals surface area contributed by atoms with Crippen molar-refractivity contribution in [2.45, 2.75) is 46.6 Å². The molecule has 0 saturated heterocycles. The van der Waals surface area contributed by atoms with Crippen LogP contribution in [0.2, 0.25) is 0 Å². The van der Waals surface area contributed by atoms with E-state index in [2.05, 4.69) is 117 Å². The van der Waals surface area contributed by atoms with Gasteiger partial charge in [-0.3, -0.25) is 4.99 Å². The second-order valence-corrected chi connectivity index (χ2v) is 8.94. The molecule has 1 aliphatic rings. The first-order valence-corrected chi connectivity index (χ1v) is 12.3. The van der Waals surface area contributed by atoms with Crippen LogP contribution in [0.1, 0.15) is 54.2 Å². The molecule has 4 bridgehead atoms. The van der Waals surface area contributed by atoms with Crippen LogP contribution in [-0.2, 0) is 12.0 Å². The van der Waals surface area contributed by atoms with Crippen LogP contribution in [0.3, 0.4) is 0 Å². The van der Waals surface area contributed by atoms with E-state index in [-0.39, 0.29) is 0 Å². The van der Waals surface area contributed by atoms with Crippen LogP contribution in [-0.4, -0.2) is 13.3 Å². The molecule has 1 aliphatic carbocycles. The van der Waals surface area contributed by atoms with Gasteiger partial charge < -0.3 is 5.32 Å². The Morgan fingerprint density at radius 1 is 1.03 bits per heavy atom. The number of hydrogen-bond acceptors (Lipinski definition) is 2. The molecule has 2 aromatic carbocycles. The fraction of sp³-hybridized carbons (Fsp3) is 0.242. The summed E-state index contributed by atoms with van der Waals surface area (Å²) in [7, 11) is 2.04. The van der Waals surface area contributed by atoms with Gasteiger partial charge in [0.05, 0.1) is 5.54 Å². The summed E-state index contributed by atoms with van der Waals surface area (Å²) in [5.41, 5.74) is 10.3. The second kappa shape index (κ2) is 11.8. The van der Waals surface area contributed by atoms with Gasteiger partial charge in [0.2, 0.25) is 0 Å². The zero-order valence-corrected chi connectivity index (χ0v) is 22.0. The van der Waals surface area contributed by atoms with Gasteiger partial charge in [-0.05, 0) is 104 Å². The molecule has 2 nitrogen and oxygen atoms in total. The third-order valence-electron chi connectivity index (χ3n) is 6.89. The Hall–Kier alpha value is -3.49. The molecule has 35 heavy (non-hydrogen) atoms. The average Bonchev–Trinajstić information content (AvgIpc) is 2.86. The van der Waals surface area contributed by atoms with E-state index >= 15 is 0 Å². The van der Waals surface area contributed by atoms with Crippen molar-refractivity contribution >= 4 is 11.8 Å². The molecule has 2 aromatic rings. The van der Waals surface area contributed by atoms with Crippen LogP contribution in [0.5, 0.6) is 0 Å². The number of benzene rings is 2. The Kier molecular flexibility index (Phi) is 8.78. The summed E-state index contributed by atoms with van der Waals surface area (Å²) >= 11 is 0. The topological polar surface area (TPSA) is 24.4 Å². The number of rotatable bonds is 4. The lowest BCUT2D eigenvalue weighted by Gasteiger charge is -2.37. The summed E-state index contributed by atoms with van der Waals surface area (Å²) in [6.45, 7) is 14.6. The van der Waals surface area contributed by atoms with Crippen molar-refractivity contribution in [1.29, 1.82) is 0 Å². The Balaban J connectivity index is 2.48. The highest BCUT2D eigenvalue weighted by molar-refractivity contribution is 5.84. The number of allylic oxidation sites excluding steroid dienone is 9. The maximum Gasteiger partial charge on any atom is 0.0920 e. The zero-order valence-electron chi connectivity index (χ0n) is 22.0. The summed E-state index contributed by atoms with van der Waals surface area (Å²) in [5, 5.41) is 3.71. The quantitative estimate of drug-likeness (QED) is 0.458. The highest BCUT2D eigenvalue weighted by Crippen LogP contribution is 2.40. The summed E-state index contributed by atoms with van der Waals surface area (Å²) in [4.78, 5) is 4.50. The highest BCUT2D eigenvalue weighted by atomic mass is 15.0. The number of fused-ring (bicyclic) bond motifs is 4. The molecule has 0 fully saturated rings. The zero-order chi connectivity index (χ0) is 25.4. The van der Waals surface area contributed by atoms with Crippen LogP contribution in [0.25, 0.3) is 5.57 Å². The lowest BCUT2D eigenvalue weighted by molar-refractivity contribution is 0.511. The first-order valence-electron chi connectivity index (χ1n) is 12.3. The minimum absolute atomic E-state index is 0.531. The largest absolute Gasteiger partial charge is 0.303 e. The van der Waals surface area contributed by atoms with Crippen LogP contribution in [0.15, 0.2) is 108 Å². The average molecular weight is 463 g/mol. The summed E-state index contributed by atoms with van der Waals surface area (Å²) < 4.78 is 0. The molecule has 0 amide bonds. The van der Waals surface area contributed by atoms with Gasteiger partial charge in [0.15, 0.2) is 0 Å². The Morgan fingerprint density at radius 2 is 1.74 bits per heavy atom. The van der Waals surface area contributed by atoms with Crippen LogP contribution < -0.4 is 5.32 Å². The van der Waals surface area contributed by atoms with E-state index in [9.17, 15) is 0 Å². The molecule has 1 N–H and O–H groups in total. The number of aryl methyl sites for hydroxylation is 2. The number of nitrogens with one attached hydrogen (secondary N) is 1. The van der Waals surface area contributed by atoms with E-state index in [0.29, 0.717) is 0 Å². The predicted molar refractivity (Wildman–Crippen MR) is 154 cm³/mol. The maximum absolute atomic E-state index is 4.50. The van der Waals surface area contributed by atoms with Crippen molar-refractivity contribution in [3.8, 4) is 0 Å². The molecule has 0 aliphatic heterocycles. The molecular weight excluding hydrogens is 424 g/mol. The van der Waals surface area contributed by atoms with E-state index in [4.69, 9.17) is 0 Å².